The first-order valence-corrected chi connectivity index (χ1v) is 8.55. The van der Waals surface area contributed by atoms with E-state index in [9.17, 15) is 4.79 Å². The summed E-state index contributed by atoms with van der Waals surface area (Å²) in [7, 11) is 0. The molecule has 0 bridgehead atoms. The van der Waals surface area contributed by atoms with Crippen LogP contribution in [0.25, 0.3) is 0 Å². The summed E-state index contributed by atoms with van der Waals surface area (Å²) in [5.74, 6) is -0.283. The molecule has 2 aliphatic rings. The Hall–Kier alpha value is -2.28. The van der Waals surface area contributed by atoms with Crippen LogP contribution in [0.2, 0.25) is 0 Å². The summed E-state index contributed by atoms with van der Waals surface area (Å²) in [6, 6.07) is 2.37. The molecule has 126 valence electrons. The largest absolute Gasteiger partial charge is 0.478 e. The Morgan fingerprint density at radius 1 is 1.21 bits per heavy atom. The van der Waals surface area contributed by atoms with Crippen molar-refractivity contribution in [1.82, 2.24) is 24.6 Å². The molecule has 2 aliphatic heterocycles. The van der Waals surface area contributed by atoms with Crippen LogP contribution in [-0.2, 0) is 19.5 Å². The minimum absolute atomic E-state index is 0.130. The highest BCUT2D eigenvalue weighted by atomic mass is 16.4. The Balaban J connectivity index is 1.50. The van der Waals surface area contributed by atoms with E-state index in [0.29, 0.717) is 5.82 Å². The number of hydrogen-bond donors (Lipinski definition) is 1. The van der Waals surface area contributed by atoms with Crippen LogP contribution < -0.4 is 0 Å². The van der Waals surface area contributed by atoms with Gasteiger partial charge in [0.05, 0.1) is 17.3 Å². The molecule has 0 amide bonds. The fourth-order valence-electron chi connectivity index (χ4n) is 3.69. The molecule has 24 heavy (non-hydrogen) atoms. The molecule has 0 radical (unpaired) electrons. The highest BCUT2D eigenvalue weighted by Crippen LogP contribution is 2.31. The van der Waals surface area contributed by atoms with Gasteiger partial charge in [0.25, 0.3) is 0 Å². The van der Waals surface area contributed by atoms with Crippen LogP contribution in [0.3, 0.4) is 0 Å². The van der Waals surface area contributed by atoms with E-state index in [1.165, 1.54) is 30.9 Å². The lowest BCUT2D eigenvalue weighted by Crippen LogP contribution is -2.24. The maximum atomic E-state index is 10.9. The maximum absolute atomic E-state index is 10.9. The number of carboxylic acids is 1. The Morgan fingerprint density at radius 3 is 2.79 bits per heavy atom. The van der Waals surface area contributed by atoms with Crippen LogP contribution in [0.5, 0.6) is 0 Å². The first-order chi connectivity index (χ1) is 11.7. The Kier molecular flexibility index (Phi) is 4.02. The Bertz CT molecular complexity index is 716. The van der Waals surface area contributed by atoms with Crippen molar-refractivity contribution in [2.45, 2.75) is 51.2 Å². The molecule has 4 heterocycles. The molecule has 0 aliphatic carbocycles. The summed E-state index contributed by atoms with van der Waals surface area (Å²) >= 11 is 0. The summed E-state index contributed by atoms with van der Waals surface area (Å²) < 4.78 is 2.14. The van der Waals surface area contributed by atoms with E-state index in [1.54, 1.807) is 0 Å². The van der Waals surface area contributed by atoms with Gasteiger partial charge in [-0.05, 0) is 44.7 Å². The molecule has 2 aromatic rings. The van der Waals surface area contributed by atoms with Gasteiger partial charge in [0.1, 0.15) is 5.82 Å². The topological polar surface area (TPSA) is 84.1 Å². The van der Waals surface area contributed by atoms with E-state index in [2.05, 4.69) is 25.6 Å². The normalized spacial score (nSPS) is 20.9. The summed E-state index contributed by atoms with van der Waals surface area (Å²) in [5.41, 5.74) is 2.58. The van der Waals surface area contributed by atoms with Crippen molar-refractivity contribution in [1.29, 1.82) is 0 Å². The monoisotopic (exact) mass is 327 g/mol. The average Bonchev–Trinajstić information content (AvgIpc) is 3.21. The minimum atomic E-state index is -0.992. The van der Waals surface area contributed by atoms with E-state index < -0.39 is 5.97 Å². The van der Waals surface area contributed by atoms with Gasteiger partial charge in [-0.15, -0.1) is 0 Å². The highest BCUT2D eigenvalue weighted by Gasteiger charge is 2.29. The van der Waals surface area contributed by atoms with Crippen LogP contribution in [0, 0.1) is 0 Å². The average molecular weight is 327 g/mol. The number of fused-ring (bicyclic) bond motifs is 1. The van der Waals surface area contributed by atoms with E-state index in [1.807, 2.05) is 0 Å². The summed E-state index contributed by atoms with van der Waals surface area (Å²) in [6.07, 6.45) is 8.48. The lowest BCUT2D eigenvalue weighted by Gasteiger charge is -2.22. The number of aryl methyl sites for hydroxylation is 2. The van der Waals surface area contributed by atoms with E-state index >= 15 is 0 Å². The van der Waals surface area contributed by atoms with Gasteiger partial charge in [-0.25, -0.2) is 14.8 Å². The van der Waals surface area contributed by atoms with Gasteiger partial charge in [0.15, 0.2) is 0 Å². The van der Waals surface area contributed by atoms with E-state index in [4.69, 9.17) is 10.2 Å². The lowest BCUT2D eigenvalue weighted by atomic mass is 10.1. The predicted molar refractivity (Wildman–Crippen MR) is 86.5 cm³/mol. The second kappa shape index (κ2) is 6.32. The minimum Gasteiger partial charge on any atom is -0.478 e. The first kappa shape index (κ1) is 15.3. The van der Waals surface area contributed by atoms with Gasteiger partial charge in [0, 0.05) is 31.2 Å². The second-order valence-corrected chi connectivity index (χ2v) is 6.57. The number of carbonyl (C=O) groups is 1. The number of hydrogen-bond acceptors (Lipinski definition) is 5. The van der Waals surface area contributed by atoms with Crippen LogP contribution in [0.15, 0.2) is 18.5 Å². The van der Waals surface area contributed by atoms with Crippen molar-refractivity contribution in [2.75, 3.05) is 6.54 Å². The molecule has 1 N–H and O–H groups in total. The standard InChI is InChI=1S/C17H21N5O2/c23-17(24)12-9-18-16(19-10-12)15-5-3-6-21(15)11-13-8-14-4-1-2-7-22(14)20-13/h8-10,15H,1-7,11H2,(H,23,24). The van der Waals surface area contributed by atoms with Crippen LogP contribution >= 0.6 is 0 Å². The third kappa shape index (κ3) is 2.91. The zero-order valence-corrected chi connectivity index (χ0v) is 13.6. The Morgan fingerprint density at radius 2 is 2.04 bits per heavy atom. The van der Waals surface area contributed by atoms with E-state index in [-0.39, 0.29) is 11.6 Å². The fraction of sp³-hybridized carbons (Fsp3) is 0.529. The molecule has 2 aromatic heterocycles. The van der Waals surface area contributed by atoms with Gasteiger partial charge in [-0.3, -0.25) is 9.58 Å². The van der Waals surface area contributed by atoms with Gasteiger partial charge < -0.3 is 5.11 Å². The van der Waals surface area contributed by atoms with Crippen molar-refractivity contribution < 1.29 is 9.90 Å². The van der Waals surface area contributed by atoms with Crippen molar-refractivity contribution in [3.05, 3.63) is 41.2 Å². The predicted octanol–water partition coefficient (Wildman–Crippen LogP) is 2.04. The Labute approximate surface area is 140 Å². The number of aromatic carboxylic acids is 1. The highest BCUT2D eigenvalue weighted by molar-refractivity contribution is 5.86. The molecule has 1 fully saturated rings. The molecule has 7 heteroatoms. The van der Waals surface area contributed by atoms with E-state index in [0.717, 1.165) is 44.6 Å². The molecule has 0 saturated carbocycles. The number of carboxylic acid groups (broad SMARTS) is 1. The fourth-order valence-corrected chi connectivity index (χ4v) is 3.69. The number of rotatable bonds is 4. The zero-order chi connectivity index (χ0) is 16.5. The zero-order valence-electron chi connectivity index (χ0n) is 13.6. The summed E-state index contributed by atoms with van der Waals surface area (Å²) in [6.45, 7) is 2.82. The van der Waals surface area contributed by atoms with Crippen molar-refractivity contribution >= 4 is 5.97 Å². The summed E-state index contributed by atoms with van der Waals surface area (Å²) in [4.78, 5) is 21.8. The van der Waals surface area contributed by atoms with Gasteiger partial charge in [-0.2, -0.15) is 5.10 Å². The first-order valence-electron chi connectivity index (χ1n) is 8.55. The SMILES string of the molecule is O=C(O)c1cnc(C2CCCN2Cc2cc3n(n2)CCCC3)nc1. The van der Waals surface area contributed by atoms with Crippen LogP contribution in [0.1, 0.15) is 59.3 Å². The van der Waals surface area contributed by atoms with Gasteiger partial charge >= 0.3 is 5.97 Å². The summed E-state index contributed by atoms with van der Waals surface area (Å²) in [5, 5.41) is 13.7. The number of nitrogens with zero attached hydrogens (tertiary/aromatic N) is 5. The number of aromatic nitrogens is 4. The van der Waals surface area contributed by atoms with Gasteiger partial charge in [-0.1, -0.05) is 0 Å². The van der Waals surface area contributed by atoms with Crippen molar-refractivity contribution in [3.8, 4) is 0 Å². The lowest BCUT2D eigenvalue weighted by molar-refractivity contribution is 0.0695. The molecular weight excluding hydrogens is 306 g/mol. The number of likely N-dealkylation sites (tertiary alicyclic amines) is 1. The van der Waals surface area contributed by atoms with Crippen molar-refractivity contribution in [2.24, 2.45) is 0 Å². The molecule has 1 atom stereocenters. The maximum Gasteiger partial charge on any atom is 0.338 e. The third-order valence-electron chi connectivity index (χ3n) is 4.91. The quantitative estimate of drug-likeness (QED) is 0.925. The van der Waals surface area contributed by atoms with Crippen LogP contribution in [0.4, 0.5) is 0 Å². The molecule has 1 unspecified atom stereocenters. The molecule has 0 aromatic carbocycles. The third-order valence-corrected chi connectivity index (χ3v) is 4.91. The molecule has 0 spiro atoms. The molecular formula is C17H21N5O2. The molecule has 4 rings (SSSR count). The van der Waals surface area contributed by atoms with Crippen LogP contribution in [-0.4, -0.2) is 42.3 Å². The smallest absolute Gasteiger partial charge is 0.338 e. The molecule has 7 nitrogen and oxygen atoms in total. The second-order valence-electron chi connectivity index (χ2n) is 6.57. The van der Waals surface area contributed by atoms with Crippen molar-refractivity contribution in [3.63, 3.8) is 0 Å². The van der Waals surface area contributed by atoms with Gasteiger partial charge in [0.2, 0.25) is 0 Å². The molecule has 1 saturated heterocycles.